The molecule has 0 spiro atoms. The standard InChI is InChI=1S/C29H48O/c1-19(2)9-8-10-20(3)21-15-17-28(6)22(21)11-12-24-23(28)13-14-25-27(4,5)26(30)16-18-29(24,25)7/h9,20-22,25-26,30H,8,10-18H2,1-7H3. The van der Waals surface area contributed by atoms with Gasteiger partial charge in [0.05, 0.1) is 6.10 Å². The van der Waals surface area contributed by atoms with Crippen LogP contribution >= 0.6 is 0 Å². The summed E-state index contributed by atoms with van der Waals surface area (Å²) in [5, 5.41) is 10.8. The van der Waals surface area contributed by atoms with Crippen LogP contribution in [0.25, 0.3) is 0 Å². The monoisotopic (exact) mass is 412 g/mol. The van der Waals surface area contributed by atoms with Crippen LogP contribution in [0.3, 0.4) is 0 Å². The molecule has 0 aliphatic heterocycles. The zero-order valence-corrected chi connectivity index (χ0v) is 21.0. The lowest BCUT2D eigenvalue weighted by atomic mass is 9.45. The van der Waals surface area contributed by atoms with Gasteiger partial charge in [-0.25, -0.2) is 0 Å². The second kappa shape index (κ2) is 7.79. The average molecular weight is 413 g/mol. The molecule has 7 atom stereocenters. The highest BCUT2D eigenvalue weighted by atomic mass is 16.3. The molecule has 7 unspecified atom stereocenters. The lowest BCUT2D eigenvalue weighted by Crippen LogP contribution is -2.53. The molecule has 1 heteroatoms. The molecule has 30 heavy (non-hydrogen) atoms. The first-order valence-electron chi connectivity index (χ1n) is 13.1. The van der Waals surface area contributed by atoms with Crippen LogP contribution in [-0.2, 0) is 0 Å². The summed E-state index contributed by atoms with van der Waals surface area (Å²) in [7, 11) is 0. The molecular weight excluding hydrogens is 364 g/mol. The van der Waals surface area contributed by atoms with E-state index in [-0.39, 0.29) is 11.5 Å². The van der Waals surface area contributed by atoms with Crippen LogP contribution in [0.15, 0.2) is 22.8 Å². The molecule has 170 valence electrons. The van der Waals surface area contributed by atoms with E-state index in [1.165, 1.54) is 63.4 Å². The van der Waals surface area contributed by atoms with Gasteiger partial charge in [-0.2, -0.15) is 0 Å². The molecule has 0 bridgehead atoms. The third-order valence-corrected chi connectivity index (χ3v) is 10.8. The lowest BCUT2D eigenvalue weighted by molar-refractivity contribution is -0.0931. The van der Waals surface area contributed by atoms with Crippen LogP contribution in [0.4, 0.5) is 0 Å². The molecule has 0 heterocycles. The molecule has 4 aliphatic carbocycles. The maximum atomic E-state index is 10.8. The summed E-state index contributed by atoms with van der Waals surface area (Å²) in [5.74, 6) is 3.32. The minimum atomic E-state index is -0.123. The van der Waals surface area contributed by atoms with Crippen molar-refractivity contribution in [3.05, 3.63) is 22.8 Å². The van der Waals surface area contributed by atoms with E-state index in [1.54, 1.807) is 0 Å². The minimum absolute atomic E-state index is 0.0565. The van der Waals surface area contributed by atoms with Crippen molar-refractivity contribution in [3.63, 3.8) is 0 Å². The summed E-state index contributed by atoms with van der Waals surface area (Å²) in [6.45, 7) is 16.9. The SMILES string of the molecule is CC(C)=CCCC(C)C1CCC2(C)C3=C(CCC12)C1(C)CCC(O)C(C)(C)C1CC3. The first-order valence-corrected chi connectivity index (χ1v) is 13.1. The highest BCUT2D eigenvalue weighted by Gasteiger charge is 2.59. The van der Waals surface area contributed by atoms with Gasteiger partial charge in [-0.15, -0.1) is 0 Å². The summed E-state index contributed by atoms with van der Waals surface area (Å²) in [6, 6.07) is 0. The highest BCUT2D eigenvalue weighted by Crippen LogP contribution is 2.68. The first-order chi connectivity index (χ1) is 14.0. The number of rotatable bonds is 4. The number of allylic oxidation sites excluding steroid dienone is 4. The lowest BCUT2D eigenvalue weighted by Gasteiger charge is -2.60. The van der Waals surface area contributed by atoms with E-state index >= 15 is 0 Å². The van der Waals surface area contributed by atoms with E-state index in [2.05, 4.69) is 54.5 Å². The molecule has 1 nitrogen and oxygen atoms in total. The maximum absolute atomic E-state index is 10.8. The molecule has 0 saturated heterocycles. The molecule has 0 aromatic rings. The molecule has 2 fully saturated rings. The van der Waals surface area contributed by atoms with E-state index in [9.17, 15) is 5.11 Å². The number of aliphatic hydroxyl groups excluding tert-OH is 1. The molecule has 0 amide bonds. The molecule has 0 aromatic carbocycles. The van der Waals surface area contributed by atoms with Gasteiger partial charge in [-0.05, 0) is 118 Å². The Balaban J connectivity index is 1.59. The molecular formula is C29H48O. The third kappa shape index (κ3) is 3.37. The van der Waals surface area contributed by atoms with Gasteiger partial charge < -0.3 is 5.11 Å². The highest BCUT2D eigenvalue weighted by molar-refractivity contribution is 5.37. The van der Waals surface area contributed by atoms with Crippen molar-refractivity contribution in [2.75, 3.05) is 0 Å². The van der Waals surface area contributed by atoms with Gasteiger partial charge in [0.15, 0.2) is 0 Å². The van der Waals surface area contributed by atoms with Crippen molar-refractivity contribution in [2.24, 2.45) is 39.9 Å². The Labute approximate surface area is 186 Å². The van der Waals surface area contributed by atoms with Crippen LogP contribution in [-0.4, -0.2) is 11.2 Å². The Hall–Kier alpha value is -0.560. The van der Waals surface area contributed by atoms with Gasteiger partial charge in [0.2, 0.25) is 0 Å². The third-order valence-electron chi connectivity index (χ3n) is 10.8. The Morgan fingerprint density at radius 2 is 1.60 bits per heavy atom. The van der Waals surface area contributed by atoms with E-state index in [1.807, 2.05) is 11.1 Å². The fourth-order valence-corrected chi connectivity index (χ4v) is 9.00. The summed E-state index contributed by atoms with van der Waals surface area (Å²) >= 11 is 0. The van der Waals surface area contributed by atoms with Crippen LogP contribution in [0.1, 0.15) is 113 Å². The predicted molar refractivity (Wildman–Crippen MR) is 128 cm³/mol. The van der Waals surface area contributed by atoms with E-state index in [0.717, 1.165) is 24.2 Å². The summed E-state index contributed by atoms with van der Waals surface area (Å²) in [4.78, 5) is 0. The van der Waals surface area contributed by atoms with Crippen LogP contribution in [0, 0.1) is 39.9 Å². The van der Waals surface area contributed by atoms with Gasteiger partial charge >= 0.3 is 0 Å². The zero-order valence-electron chi connectivity index (χ0n) is 21.0. The number of fused-ring (bicyclic) bond motifs is 4. The van der Waals surface area contributed by atoms with Gasteiger partial charge in [-0.1, -0.05) is 57.4 Å². The average Bonchev–Trinajstić information content (AvgIpc) is 3.02. The Morgan fingerprint density at radius 1 is 0.967 bits per heavy atom. The molecule has 4 rings (SSSR count). The predicted octanol–water partition coefficient (Wildman–Crippen LogP) is 8.09. The molecule has 1 N–H and O–H groups in total. The van der Waals surface area contributed by atoms with Gasteiger partial charge in [0.1, 0.15) is 0 Å². The normalized spacial score (nSPS) is 43.5. The van der Waals surface area contributed by atoms with Crippen molar-refractivity contribution < 1.29 is 5.11 Å². The quantitative estimate of drug-likeness (QED) is 0.462. The van der Waals surface area contributed by atoms with E-state index < -0.39 is 0 Å². The van der Waals surface area contributed by atoms with Gasteiger partial charge in [0.25, 0.3) is 0 Å². The largest absolute Gasteiger partial charge is 0.393 e. The first kappa shape index (κ1) is 22.6. The van der Waals surface area contributed by atoms with Gasteiger partial charge in [0, 0.05) is 0 Å². The molecule has 4 aliphatic rings. The fraction of sp³-hybridized carbons (Fsp3) is 0.862. The Bertz CT molecular complexity index is 723. The van der Waals surface area contributed by atoms with Crippen LogP contribution in [0.5, 0.6) is 0 Å². The number of hydrogen-bond acceptors (Lipinski definition) is 1. The van der Waals surface area contributed by atoms with Crippen molar-refractivity contribution in [1.82, 2.24) is 0 Å². The van der Waals surface area contributed by atoms with Crippen LogP contribution in [0.2, 0.25) is 0 Å². The smallest absolute Gasteiger partial charge is 0.0594 e. The van der Waals surface area contributed by atoms with Crippen molar-refractivity contribution in [2.45, 2.75) is 119 Å². The van der Waals surface area contributed by atoms with E-state index in [0.29, 0.717) is 16.7 Å². The Morgan fingerprint density at radius 3 is 2.30 bits per heavy atom. The molecule has 0 aromatic heterocycles. The number of hydrogen-bond donors (Lipinski definition) is 1. The van der Waals surface area contributed by atoms with Crippen molar-refractivity contribution in [3.8, 4) is 0 Å². The van der Waals surface area contributed by atoms with Crippen LogP contribution < -0.4 is 0 Å². The number of aliphatic hydroxyl groups is 1. The maximum Gasteiger partial charge on any atom is 0.0594 e. The summed E-state index contributed by atoms with van der Waals surface area (Å²) in [6.07, 6.45) is 15.3. The topological polar surface area (TPSA) is 20.2 Å². The summed E-state index contributed by atoms with van der Waals surface area (Å²) < 4.78 is 0. The molecule has 0 radical (unpaired) electrons. The second-order valence-electron chi connectivity index (χ2n) is 12.9. The summed E-state index contributed by atoms with van der Waals surface area (Å²) in [5.41, 5.74) is 6.06. The minimum Gasteiger partial charge on any atom is -0.393 e. The zero-order chi connectivity index (χ0) is 21.9. The van der Waals surface area contributed by atoms with Crippen molar-refractivity contribution in [1.29, 1.82) is 0 Å². The second-order valence-corrected chi connectivity index (χ2v) is 12.9. The fourth-order valence-electron chi connectivity index (χ4n) is 9.00. The Kier molecular flexibility index (Phi) is 5.87. The van der Waals surface area contributed by atoms with E-state index in [4.69, 9.17) is 0 Å². The van der Waals surface area contributed by atoms with Crippen molar-refractivity contribution >= 4 is 0 Å². The molecule has 2 saturated carbocycles. The van der Waals surface area contributed by atoms with Gasteiger partial charge in [-0.3, -0.25) is 0 Å².